The first-order chi connectivity index (χ1) is 17.4. The summed E-state index contributed by atoms with van der Waals surface area (Å²) in [6.45, 7) is 1.27. The molecule has 5 rings (SSSR count). The van der Waals surface area contributed by atoms with Crippen molar-refractivity contribution >= 4 is 33.6 Å². The number of ether oxygens (including phenoxy) is 3. The number of H-pyrrole nitrogens is 1. The zero-order valence-electron chi connectivity index (χ0n) is 19.4. The summed E-state index contributed by atoms with van der Waals surface area (Å²) >= 11 is 0. The molecule has 0 fully saturated rings. The molecule has 0 saturated carbocycles. The summed E-state index contributed by atoms with van der Waals surface area (Å²) < 4.78 is 18.2. The molecule has 3 aromatic carbocycles. The standard InChI is InChI=1S/C26H22N4O6/c1-14-10-21(36-15-6-4-3-5-7-15)20(34-2)12-19(14)30-25(27)23-24(29-30)17-9-8-16(35-13-22(31)32)11-18(17)28-26(23)33/h3-12H,13,27H2,1-2H3,(H,28,33)(H,31,32)/p-1. The first-order valence-corrected chi connectivity index (χ1v) is 10.9. The number of nitrogens with one attached hydrogen (secondary N) is 1. The van der Waals surface area contributed by atoms with Gasteiger partial charge in [0.1, 0.15) is 34.8 Å². The predicted molar refractivity (Wildman–Crippen MR) is 132 cm³/mol. The summed E-state index contributed by atoms with van der Waals surface area (Å²) in [5, 5.41) is 16.2. The third kappa shape index (κ3) is 4.05. The number of pyridine rings is 1. The van der Waals surface area contributed by atoms with Gasteiger partial charge < -0.3 is 34.8 Å². The summed E-state index contributed by atoms with van der Waals surface area (Å²) in [6, 6.07) is 17.7. The summed E-state index contributed by atoms with van der Waals surface area (Å²) in [5.74, 6) is 0.723. The van der Waals surface area contributed by atoms with Gasteiger partial charge in [0.15, 0.2) is 11.5 Å². The van der Waals surface area contributed by atoms with Gasteiger partial charge in [-0.1, -0.05) is 18.2 Å². The Morgan fingerprint density at radius 1 is 1.08 bits per heavy atom. The molecule has 0 aliphatic carbocycles. The van der Waals surface area contributed by atoms with Crippen LogP contribution in [-0.4, -0.2) is 34.5 Å². The number of carbonyl (C=O) groups excluding carboxylic acids is 1. The second kappa shape index (κ2) is 8.99. The second-order valence-corrected chi connectivity index (χ2v) is 8.05. The van der Waals surface area contributed by atoms with Crippen molar-refractivity contribution < 1.29 is 24.1 Å². The lowest BCUT2D eigenvalue weighted by molar-refractivity contribution is -0.307. The topological polar surface area (TPSA) is 145 Å². The minimum atomic E-state index is -1.35. The lowest BCUT2D eigenvalue weighted by Crippen LogP contribution is -2.28. The van der Waals surface area contributed by atoms with Gasteiger partial charge in [0.05, 0.1) is 24.3 Å². The minimum absolute atomic E-state index is 0.160. The van der Waals surface area contributed by atoms with Gasteiger partial charge in [-0.05, 0) is 42.8 Å². The highest BCUT2D eigenvalue weighted by Gasteiger charge is 2.20. The number of rotatable bonds is 7. The van der Waals surface area contributed by atoms with Gasteiger partial charge in [0, 0.05) is 17.5 Å². The van der Waals surface area contributed by atoms with E-state index < -0.39 is 18.1 Å². The number of aliphatic carboxylic acids is 1. The highest BCUT2D eigenvalue weighted by atomic mass is 16.5. The highest BCUT2D eigenvalue weighted by Crippen LogP contribution is 2.37. The van der Waals surface area contributed by atoms with Gasteiger partial charge in [-0.25, -0.2) is 4.68 Å². The monoisotopic (exact) mass is 485 g/mol. The zero-order valence-corrected chi connectivity index (χ0v) is 19.4. The van der Waals surface area contributed by atoms with E-state index in [0.717, 1.165) is 5.56 Å². The minimum Gasteiger partial charge on any atom is -0.546 e. The lowest BCUT2D eigenvalue weighted by atomic mass is 10.1. The van der Waals surface area contributed by atoms with E-state index in [1.807, 2.05) is 43.3 Å². The number of fused-ring (bicyclic) bond motifs is 3. The fraction of sp³-hybridized carbons (Fsp3) is 0.115. The largest absolute Gasteiger partial charge is 0.546 e. The first-order valence-electron chi connectivity index (χ1n) is 10.9. The van der Waals surface area contributed by atoms with Gasteiger partial charge in [-0.15, -0.1) is 0 Å². The second-order valence-electron chi connectivity index (χ2n) is 8.05. The van der Waals surface area contributed by atoms with Crippen LogP contribution in [0, 0.1) is 6.92 Å². The molecule has 0 atom stereocenters. The van der Waals surface area contributed by atoms with E-state index in [-0.39, 0.29) is 17.0 Å². The summed E-state index contributed by atoms with van der Waals surface area (Å²) in [6.07, 6.45) is 0. The number of nitrogens with two attached hydrogens (primary N) is 1. The van der Waals surface area contributed by atoms with Crippen molar-refractivity contribution in [2.24, 2.45) is 0 Å². The number of aryl methyl sites for hydroxylation is 1. The van der Waals surface area contributed by atoms with Gasteiger partial charge in [0.2, 0.25) is 0 Å². The number of carbonyl (C=O) groups is 1. The van der Waals surface area contributed by atoms with Crippen LogP contribution >= 0.6 is 0 Å². The third-order valence-electron chi connectivity index (χ3n) is 5.68. The van der Waals surface area contributed by atoms with Gasteiger partial charge in [-0.3, -0.25) is 4.79 Å². The van der Waals surface area contributed by atoms with Crippen LogP contribution in [0.15, 0.2) is 65.5 Å². The maximum atomic E-state index is 12.9. The average molecular weight is 485 g/mol. The van der Waals surface area contributed by atoms with Crippen LogP contribution in [0.1, 0.15) is 5.56 Å². The van der Waals surface area contributed by atoms with Gasteiger partial charge in [0.25, 0.3) is 5.56 Å². The molecule has 0 radical (unpaired) electrons. The number of benzene rings is 3. The van der Waals surface area contributed by atoms with Crippen LogP contribution < -0.4 is 30.6 Å². The molecule has 182 valence electrons. The quantitative estimate of drug-likeness (QED) is 0.358. The Hall–Kier alpha value is -4.99. The number of carboxylic acid groups (broad SMARTS) is 1. The van der Waals surface area contributed by atoms with Crippen molar-refractivity contribution in [3.05, 3.63) is 76.6 Å². The number of carboxylic acids is 1. The number of nitrogens with zero attached hydrogens (tertiary/aromatic N) is 2. The Labute approximate surface area is 204 Å². The number of aromatic nitrogens is 3. The Morgan fingerprint density at radius 3 is 2.58 bits per heavy atom. The first kappa shape index (κ1) is 22.8. The van der Waals surface area contributed by atoms with Gasteiger partial charge >= 0.3 is 0 Å². The molecular weight excluding hydrogens is 464 g/mol. The summed E-state index contributed by atoms with van der Waals surface area (Å²) in [5.41, 5.74) is 8.19. The number of hydrogen-bond acceptors (Lipinski definition) is 8. The van der Waals surface area contributed by atoms with Crippen LogP contribution in [0.2, 0.25) is 0 Å². The molecule has 0 aliphatic rings. The maximum absolute atomic E-state index is 12.9. The summed E-state index contributed by atoms with van der Waals surface area (Å²) in [4.78, 5) is 26.4. The molecule has 36 heavy (non-hydrogen) atoms. The number of aromatic amines is 1. The average Bonchev–Trinajstić information content (AvgIpc) is 3.21. The van der Waals surface area contributed by atoms with E-state index in [1.54, 1.807) is 18.2 Å². The van der Waals surface area contributed by atoms with Crippen LogP contribution in [0.5, 0.6) is 23.0 Å². The van der Waals surface area contributed by atoms with Crippen molar-refractivity contribution in [1.82, 2.24) is 14.8 Å². The number of methoxy groups -OCH3 is 1. The molecule has 2 heterocycles. The van der Waals surface area contributed by atoms with Crippen molar-refractivity contribution in [3.8, 4) is 28.7 Å². The Morgan fingerprint density at radius 2 is 1.86 bits per heavy atom. The van der Waals surface area contributed by atoms with Crippen LogP contribution in [0.4, 0.5) is 5.82 Å². The van der Waals surface area contributed by atoms with Crippen LogP contribution in [-0.2, 0) is 4.79 Å². The van der Waals surface area contributed by atoms with Gasteiger partial charge in [-0.2, -0.15) is 5.10 Å². The van der Waals surface area contributed by atoms with Crippen molar-refractivity contribution in [2.75, 3.05) is 19.5 Å². The summed E-state index contributed by atoms with van der Waals surface area (Å²) in [7, 11) is 1.54. The van der Waals surface area contributed by atoms with E-state index in [9.17, 15) is 14.7 Å². The molecule has 0 bridgehead atoms. The van der Waals surface area contributed by atoms with E-state index >= 15 is 0 Å². The maximum Gasteiger partial charge on any atom is 0.261 e. The number of nitrogen functional groups attached to an aromatic ring is 1. The fourth-order valence-electron chi connectivity index (χ4n) is 4.01. The smallest absolute Gasteiger partial charge is 0.261 e. The van der Waals surface area contributed by atoms with Crippen LogP contribution in [0.3, 0.4) is 0 Å². The molecular formula is C26H21N4O6-. The predicted octanol–water partition coefficient (Wildman–Crippen LogP) is 2.69. The third-order valence-corrected chi connectivity index (χ3v) is 5.68. The number of anilines is 1. The zero-order chi connectivity index (χ0) is 25.4. The molecule has 10 nitrogen and oxygen atoms in total. The molecule has 5 aromatic rings. The molecule has 2 aromatic heterocycles. The van der Waals surface area contributed by atoms with E-state index in [0.29, 0.717) is 39.4 Å². The molecule has 0 unspecified atom stereocenters. The molecule has 0 spiro atoms. The van der Waals surface area contributed by atoms with E-state index in [4.69, 9.17) is 19.9 Å². The van der Waals surface area contributed by atoms with Crippen molar-refractivity contribution in [3.63, 3.8) is 0 Å². The molecule has 0 saturated heterocycles. The Kier molecular flexibility index (Phi) is 5.69. The molecule has 0 amide bonds. The molecule has 3 N–H and O–H groups in total. The van der Waals surface area contributed by atoms with E-state index in [1.165, 1.54) is 17.9 Å². The van der Waals surface area contributed by atoms with Crippen molar-refractivity contribution in [2.45, 2.75) is 6.92 Å². The highest BCUT2D eigenvalue weighted by molar-refractivity contribution is 6.07. The van der Waals surface area contributed by atoms with Crippen molar-refractivity contribution in [1.29, 1.82) is 0 Å². The Balaban J connectivity index is 1.62. The SMILES string of the molecule is COc1cc(-n2nc3c(c2N)c(=O)[nH]c2cc(OCC(=O)[O-])ccc23)c(C)cc1Oc1ccccc1. The molecule has 10 heteroatoms. The van der Waals surface area contributed by atoms with Crippen LogP contribution in [0.25, 0.3) is 27.5 Å². The number of hydrogen-bond donors (Lipinski definition) is 2. The van der Waals surface area contributed by atoms with E-state index in [2.05, 4.69) is 10.1 Å². The fourth-order valence-corrected chi connectivity index (χ4v) is 4.01. The number of para-hydroxylation sites is 1. The Bertz CT molecular complexity index is 1670. The molecule has 0 aliphatic heterocycles. The lowest BCUT2D eigenvalue weighted by Gasteiger charge is -2.15. The normalized spacial score (nSPS) is 11.1.